The largest absolute Gasteiger partial charge is 0.356 e. The van der Waals surface area contributed by atoms with Crippen molar-refractivity contribution in [3.63, 3.8) is 0 Å². The van der Waals surface area contributed by atoms with Crippen molar-refractivity contribution in [1.29, 1.82) is 0 Å². The number of hydrogen-bond donors (Lipinski definition) is 1. The van der Waals surface area contributed by atoms with E-state index in [4.69, 9.17) is 11.6 Å². The van der Waals surface area contributed by atoms with Crippen LogP contribution in [-0.2, 0) is 4.79 Å². The van der Waals surface area contributed by atoms with Gasteiger partial charge in [-0.25, -0.2) is 4.98 Å². The Hall–Kier alpha value is -1.62. The lowest BCUT2D eigenvalue weighted by molar-refractivity contribution is -0.122. The highest BCUT2D eigenvalue weighted by molar-refractivity contribution is 6.29. The second-order valence-electron chi connectivity index (χ2n) is 6.39. The third-order valence-corrected chi connectivity index (χ3v) is 4.90. The molecule has 0 bridgehead atoms. The van der Waals surface area contributed by atoms with Crippen molar-refractivity contribution >= 4 is 23.4 Å². The van der Waals surface area contributed by atoms with Gasteiger partial charge in [-0.2, -0.15) is 0 Å². The molecule has 2 heterocycles. The molecule has 6 heteroatoms. The summed E-state index contributed by atoms with van der Waals surface area (Å²) in [5.41, 5.74) is 0.573. The second-order valence-corrected chi connectivity index (χ2v) is 6.78. The number of piperidine rings is 1. The molecule has 1 aliphatic heterocycles. The van der Waals surface area contributed by atoms with Gasteiger partial charge in [0.15, 0.2) is 0 Å². The van der Waals surface area contributed by atoms with E-state index in [1.165, 1.54) is 0 Å². The van der Waals surface area contributed by atoms with Gasteiger partial charge in [-0.1, -0.05) is 31.9 Å². The molecule has 1 fully saturated rings. The number of nitrogens with one attached hydrogen (secondary N) is 1. The van der Waals surface area contributed by atoms with E-state index in [2.05, 4.69) is 17.2 Å². The van der Waals surface area contributed by atoms with Gasteiger partial charge in [0.2, 0.25) is 5.91 Å². The topological polar surface area (TPSA) is 62.3 Å². The van der Waals surface area contributed by atoms with Crippen LogP contribution in [0.15, 0.2) is 18.3 Å². The van der Waals surface area contributed by atoms with Crippen LogP contribution in [0, 0.1) is 11.8 Å². The van der Waals surface area contributed by atoms with Crippen molar-refractivity contribution < 1.29 is 9.59 Å². The van der Waals surface area contributed by atoms with Crippen molar-refractivity contribution in [2.24, 2.45) is 11.8 Å². The molecule has 0 spiro atoms. The molecule has 2 rings (SSSR count). The molecule has 5 nitrogen and oxygen atoms in total. The van der Waals surface area contributed by atoms with Crippen molar-refractivity contribution in [3.8, 4) is 0 Å². The molecule has 1 aromatic rings. The standard InChI is InChI=1S/C18H26ClN3O2/c1-3-7-21-17(23)11-14-6-9-22(12-13(14)4-2)18(24)15-5-8-20-16(19)10-15/h5,8,10,13-14H,3-4,6-7,9,11-12H2,1-2H3,(H,21,23)/t13-,14+/m0/s1. The number of aromatic nitrogens is 1. The monoisotopic (exact) mass is 351 g/mol. The van der Waals surface area contributed by atoms with E-state index < -0.39 is 0 Å². The van der Waals surface area contributed by atoms with E-state index in [0.717, 1.165) is 25.8 Å². The molecule has 0 unspecified atom stereocenters. The average Bonchev–Trinajstić information content (AvgIpc) is 2.59. The van der Waals surface area contributed by atoms with E-state index in [9.17, 15) is 9.59 Å². The summed E-state index contributed by atoms with van der Waals surface area (Å²) in [6, 6.07) is 3.30. The SMILES string of the molecule is CCCNC(=O)C[C@H]1CCN(C(=O)c2ccnc(Cl)c2)C[C@@H]1CC. The lowest BCUT2D eigenvalue weighted by atomic mass is 9.81. The number of rotatable bonds is 6. The number of amides is 2. The van der Waals surface area contributed by atoms with Crippen LogP contribution in [0.4, 0.5) is 0 Å². The van der Waals surface area contributed by atoms with Gasteiger partial charge in [0, 0.05) is 37.8 Å². The van der Waals surface area contributed by atoms with Gasteiger partial charge in [-0.05, 0) is 36.8 Å². The molecule has 132 valence electrons. The summed E-state index contributed by atoms with van der Waals surface area (Å²) in [6.07, 6.45) is 4.89. The Morgan fingerprint density at radius 3 is 2.83 bits per heavy atom. The third-order valence-electron chi connectivity index (χ3n) is 4.70. The van der Waals surface area contributed by atoms with E-state index in [-0.39, 0.29) is 11.8 Å². The minimum absolute atomic E-state index is 0.00775. The number of hydrogen-bond acceptors (Lipinski definition) is 3. The molecule has 0 radical (unpaired) electrons. The molecule has 0 aliphatic carbocycles. The van der Waals surface area contributed by atoms with Gasteiger partial charge in [0.25, 0.3) is 5.91 Å². The number of pyridine rings is 1. The molecule has 2 atom stereocenters. The van der Waals surface area contributed by atoms with Gasteiger partial charge in [-0.15, -0.1) is 0 Å². The van der Waals surface area contributed by atoms with Gasteiger partial charge < -0.3 is 10.2 Å². The highest BCUT2D eigenvalue weighted by Crippen LogP contribution is 2.29. The third kappa shape index (κ3) is 4.94. The van der Waals surface area contributed by atoms with Gasteiger partial charge in [0.1, 0.15) is 5.15 Å². The number of halogens is 1. The fourth-order valence-electron chi connectivity index (χ4n) is 3.29. The van der Waals surface area contributed by atoms with E-state index in [1.54, 1.807) is 18.3 Å². The fraction of sp³-hybridized carbons (Fsp3) is 0.611. The highest BCUT2D eigenvalue weighted by Gasteiger charge is 2.32. The fourth-order valence-corrected chi connectivity index (χ4v) is 3.46. The van der Waals surface area contributed by atoms with Gasteiger partial charge in [0.05, 0.1) is 0 Å². The smallest absolute Gasteiger partial charge is 0.254 e. The zero-order valence-corrected chi connectivity index (χ0v) is 15.2. The maximum absolute atomic E-state index is 12.6. The average molecular weight is 352 g/mol. The van der Waals surface area contributed by atoms with Crippen LogP contribution in [0.5, 0.6) is 0 Å². The van der Waals surface area contributed by atoms with Crippen molar-refractivity contribution in [2.45, 2.75) is 39.5 Å². The second kappa shape index (κ2) is 9.02. The lowest BCUT2D eigenvalue weighted by Gasteiger charge is -2.38. The minimum Gasteiger partial charge on any atom is -0.356 e. The zero-order valence-electron chi connectivity index (χ0n) is 14.4. The summed E-state index contributed by atoms with van der Waals surface area (Å²) in [6.45, 7) is 6.28. The van der Waals surface area contributed by atoms with Crippen LogP contribution in [0.1, 0.15) is 49.9 Å². The molecule has 2 amide bonds. The first-order chi connectivity index (χ1) is 11.5. The number of carbonyl (C=O) groups is 2. The Labute approximate surface area is 148 Å². The lowest BCUT2D eigenvalue weighted by Crippen LogP contribution is -2.44. The number of nitrogens with zero attached hydrogens (tertiary/aromatic N) is 2. The predicted octanol–water partition coefficient (Wildman–Crippen LogP) is 3.14. The number of likely N-dealkylation sites (tertiary alicyclic amines) is 1. The molecular formula is C18H26ClN3O2. The summed E-state index contributed by atoms with van der Waals surface area (Å²) in [5.74, 6) is 0.817. The highest BCUT2D eigenvalue weighted by atomic mass is 35.5. The molecular weight excluding hydrogens is 326 g/mol. The van der Waals surface area contributed by atoms with Crippen LogP contribution < -0.4 is 5.32 Å². The van der Waals surface area contributed by atoms with Crippen LogP contribution in [0.3, 0.4) is 0 Å². The van der Waals surface area contributed by atoms with E-state index >= 15 is 0 Å². The molecule has 1 aliphatic rings. The normalized spacial score (nSPS) is 20.7. The van der Waals surface area contributed by atoms with Crippen LogP contribution in [0.25, 0.3) is 0 Å². The first-order valence-electron chi connectivity index (χ1n) is 8.72. The summed E-state index contributed by atoms with van der Waals surface area (Å²) in [5, 5.41) is 3.28. The zero-order chi connectivity index (χ0) is 17.5. The summed E-state index contributed by atoms with van der Waals surface area (Å²) in [7, 11) is 0. The van der Waals surface area contributed by atoms with Gasteiger partial charge >= 0.3 is 0 Å². The van der Waals surface area contributed by atoms with E-state index in [0.29, 0.717) is 42.1 Å². The molecule has 0 aromatic carbocycles. The quantitative estimate of drug-likeness (QED) is 0.801. The Kier molecular flexibility index (Phi) is 7.03. The maximum Gasteiger partial charge on any atom is 0.254 e. The van der Waals surface area contributed by atoms with Crippen molar-refractivity contribution in [2.75, 3.05) is 19.6 Å². The predicted molar refractivity (Wildman–Crippen MR) is 95.0 cm³/mol. The molecule has 1 saturated heterocycles. The molecule has 1 aromatic heterocycles. The van der Waals surface area contributed by atoms with Crippen LogP contribution in [-0.4, -0.2) is 41.3 Å². The Morgan fingerprint density at radius 1 is 1.38 bits per heavy atom. The molecule has 24 heavy (non-hydrogen) atoms. The Balaban J connectivity index is 1.96. The maximum atomic E-state index is 12.6. The van der Waals surface area contributed by atoms with E-state index in [1.807, 2.05) is 11.8 Å². The summed E-state index contributed by atoms with van der Waals surface area (Å²) < 4.78 is 0. The summed E-state index contributed by atoms with van der Waals surface area (Å²) in [4.78, 5) is 30.4. The number of carbonyl (C=O) groups excluding carboxylic acids is 2. The minimum atomic E-state index is -0.00775. The van der Waals surface area contributed by atoms with Crippen molar-refractivity contribution in [3.05, 3.63) is 29.0 Å². The van der Waals surface area contributed by atoms with Gasteiger partial charge in [-0.3, -0.25) is 9.59 Å². The molecule has 0 saturated carbocycles. The Morgan fingerprint density at radius 2 is 2.17 bits per heavy atom. The summed E-state index contributed by atoms with van der Waals surface area (Å²) >= 11 is 5.88. The first-order valence-corrected chi connectivity index (χ1v) is 9.10. The van der Waals surface area contributed by atoms with Crippen molar-refractivity contribution in [1.82, 2.24) is 15.2 Å². The van der Waals surface area contributed by atoms with Crippen LogP contribution in [0.2, 0.25) is 5.15 Å². The molecule has 1 N–H and O–H groups in total. The first kappa shape index (κ1) is 18.7. The van der Waals surface area contributed by atoms with Crippen LogP contribution >= 0.6 is 11.6 Å². The Bertz CT molecular complexity index is 579.